The molecule has 2 amide bonds. The molecule has 1 saturated carbocycles. The average molecular weight is 381 g/mol. The van der Waals surface area contributed by atoms with Crippen LogP contribution in [0.5, 0.6) is 0 Å². The second kappa shape index (κ2) is 8.92. The lowest BCUT2D eigenvalue weighted by molar-refractivity contribution is -0.136. The lowest BCUT2D eigenvalue weighted by Crippen LogP contribution is -2.42. The second-order valence-electron chi connectivity index (χ2n) is 7.05. The molecule has 1 aliphatic heterocycles. The number of carbonyl (C=O) groups is 2. The highest BCUT2D eigenvalue weighted by molar-refractivity contribution is 7.15. The summed E-state index contributed by atoms with van der Waals surface area (Å²) in [5.41, 5.74) is 0.932. The van der Waals surface area contributed by atoms with Crippen molar-refractivity contribution in [1.82, 2.24) is 14.8 Å². The molecule has 26 heavy (non-hydrogen) atoms. The first-order valence-corrected chi connectivity index (χ1v) is 10.2. The van der Waals surface area contributed by atoms with Crippen LogP contribution in [-0.2, 0) is 14.3 Å². The Bertz CT molecular complexity index is 619. The fourth-order valence-corrected chi connectivity index (χ4v) is 3.85. The summed E-state index contributed by atoms with van der Waals surface area (Å²) in [5.74, 6) is 0.0725. The Labute approximate surface area is 158 Å². The van der Waals surface area contributed by atoms with Gasteiger partial charge >= 0.3 is 0 Å². The summed E-state index contributed by atoms with van der Waals surface area (Å²) in [7, 11) is 0. The maximum Gasteiger partial charge on any atom is 0.245 e. The van der Waals surface area contributed by atoms with Gasteiger partial charge in [0.15, 0.2) is 5.13 Å². The minimum Gasteiger partial charge on any atom is -0.379 e. The summed E-state index contributed by atoms with van der Waals surface area (Å²) in [4.78, 5) is 34.4. The Balaban J connectivity index is 1.49. The fraction of sp³-hybridized carbons (Fsp3) is 0.722. The molecule has 0 radical (unpaired) electrons. The number of hydrogen-bond acceptors (Lipinski definition) is 6. The van der Waals surface area contributed by atoms with Crippen molar-refractivity contribution >= 4 is 28.3 Å². The lowest BCUT2D eigenvalue weighted by atomic mass is 10.2. The maximum atomic E-state index is 12.5. The first-order chi connectivity index (χ1) is 12.5. The smallest absolute Gasteiger partial charge is 0.245 e. The zero-order valence-corrected chi connectivity index (χ0v) is 16.4. The molecule has 2 fully saturated rings. The number of anilines is 1. The highest BCUT2D eigenvalue weighted by Crippen LogP contribution is 2.31. The van der Waals surface area contributed by atoms with Crippen LogP contribution in [0.15, 0.2) is 0 Å². The molecule has 8 heteroatoms. The highest BCUT2D eigenvalue weighted by Gasteiger charge is 2.34. The number of amides is 2. The van der Waals surface area contributed by atoms with Crippen molar-refractivity contribution in [3.05, 3.63) is 10.6 Å². The monoisotopic (exact) mass is 380 g/mol. The zero-order valence-electron chi connectivity index (χ0n) is 15.6. The van der Waals surface area contributed by atoms with Crippen LogP contribution in [0.3, 0.4) is 0 Å². The molecule has 1 saturated heterocycles. The summed E-state index contributed by atoms with van der Waals surface area (Å²) in [6.45, 7) is 9.02. The molecule has 0 bridgehead atoms. The van der Waals surface area contributed by atoms with E-state index < -0.39 is 0 Å². The number of hydrogen-bond donors (Lipinski definition) is 1. The molecule has 1 aromatic rings. The number of nitrogens with one attached hydrogen (secondary N) is 1. The van der Waals surface area contributed by atoms with Gasteiger partial charge in [0.1, 0.15) is 0 Å². The number of carbonyl (C=O) groups excluding carboxylic acids is 2. The fourth-order valence-electron chi connectivity index (χ4n) is 3.02. The van der Waals surface area contributed by atoms with E-state index in [9.17, 15) is 9.59 Å². The molecule has 0 aromatic carbocycles. The number of rotatable bonds is 8. The molecule has 0 spiro atoms. The molecule has 1 aromatic heterocycles. The highest BCUT2D eigenvalue weighted by atomic mass is 32.1. The van der Waals surface area contributed by atoms with Crippen LogP contribution < -0.4 is 5.32 Å². The molecule has 2 heterocycles. The van der Waals surface area contributed by atoms with Gasteiger partial charge in [-0.2, -0.15) is 0 Å². The molecule has 3 rings (SSSR count). The molecule has 1 aliphatic carbocycles. The number of nitrogens with zero attached hydrogens (tertiary/aromatic N) is 3. The Morgan fingerprint density at radius 3 is 2.65 bits per heavy atom. The van der Waals surface area contributed by atoms with Gasteiger partial charge in [0.2, 0.25) is 11.8 Å². The third-order valence-electron chi connectivity index (χ3n) is 4.85. The zero-order chi connectivity index (χ0) is 18.5. The van der Waals surface area contributed by atoms with Crippen LogP contribution in [0, 0.1) is 19.8 Å². The molecular weight excluding hydrogens is 352 g/mol. The number of morpholine rings is 1. The van der Waals surface area contributed by atoms with Crippen molar-refractivity contribution in [3.63, 3.8) is 0 Å². The maximum absolute atomic E-state index is 12.5. The lowest BCUT2D eigenvalue weighted by Gasteiger charge is -2.28. The third-order valence-corrected chi connectivity index (χ3v) is 5.84. The van der Waals surface area contributed by atoms with Gasteiger partial charge in [-0.05, 0) is 33.1 Å². The van der Waals surface area contributed by atoms with Gasteiger partial charge in [-0.15, -0.1) is 11.3 Å². The number of thiazole rings is 1. The molecular formula is C18H28N4O3S. The standard InChI is InChI=1S/C18H28N4O3S/c1-13-14(2)26-18(19-13)20-16(23)12-22(17(24)15-4-5-15)7-3-6-21-8-10-25-11-9-21/h15H,3-12H2,1-2H3,(H,19,20,23). The van der Waals surface area contributed by atoms with E-state index >= 15 is 0 Å². The second-order valence-corrected chi connectivity index (χ2v) is 8.25. The van der Waals surface area contributed by atoms with Gasteiger partial charge < -0.3 is 15.0 Å². The van der Waals surface area contributed by atoms with Crippen molar-refractivity contribution in [1.29, 1.82) is 0 Å². The number of aryl methyl sites for hydroxylation is 2. The molecule has 2 aliphatic rings. The third kappa shape index (κ3) is 5.49. The van der Waals surface area contributed by atoms with Crippen molar-refractivity contribution in [2.24, 2.45) is 5.92 Å². The van der Waals surface area contributed by atoms with Gasteiger partial charge in [0.05, 0.1) is 25.5 Å². The van der Waals surface area contributed by atoms with Crippen molar-refractivity contribution < 1.29 is 14.3 Å². The van der Waals surface area contributed by atoms with E-state index in [-0.39, 0.29) is 24.3 Å². The summed E-state index contributed by atoms with van der Waals surface area (Å²) >= 11 is 1.47. The van der Waals surface area contributed by atoms with Crippen molar-refractivity contribution in [2.45, 2.75) is 33.1 Å². The topological polar surface area (TPSA) is 74.8 Å². The Morgan fingerprint density at radius 2 is 2.04 bits per heavy atom. The van der Waals surface area contributed by atoms with E-state index in [4.69, 9.17) is 4.74 Å². The van der Waals surface area contributed by atoms with E-state index in [1.807, 2.05) is 13.8 Å². The Kier molecular flexibility index (Phi) is 6.61. The van der Waals surface area contributed by atoms with E-state index in [2.05, 4.69) is 15.2 Å². The van der Waals surface area contributed by atoms with Gasteiger partial charge in [-0.25, -0.2) is 4.98 Å². The SMILES string of the molecule is Cc1nc(NC(=O)CN(CCCN2CCOCC2)C(=O)C2CC2)sc1C. The minimum absolute atomic E-state index is 0.107. The van der Waals surface area contributed by atoms with Crippen LogP contribution in [0.4, 0.5) is 5.13 Å². The number of ether oxygens (including phenoxy) is 1. The Hall–Kier alpha value is -1.51. The Morgan fingerprint density at radius 1 is 1.31 bits per heavy atom. The quantitative estimate of drug-likeness (QED) is 0.742. The normalized spacial score (nSPS) is 17.9. The van der Waals surface area contributed by atoms with Gasteiger partial charge in [-0.3, -0.25) is 14.5 Å². The van der Waals surface area contributed by atoms with E-state index in [1.165, 1.54) is 11.3 Å². The predicted molar refractivity (Wildman–Crippen MR) is 101 cm³/mol. The average Bonchev–Trinajstić information content (AvgIpc) is 3.41. The molecule has 7 nitrogen and oxygen atoms in total. The first kappa shape index (κ1) is 19.3. The summed E-state index contributed by atoms with van der Waals surface area (Å²) in [5, 5.41) is 3.44. The van der Waals surface area contributed by atoms with Crippen LogP contribution in [0.1, 0.15) is 29.8 Å². The first-order valence-electron chi connectivity index (χ1n) is 9.35. The van der Waals surface area contributed by atoms with E-state index in [0.717, 1.165) is 62.7 Å². The summed E-state index contributed by atoms with van der Waals surface area (Å²) in [6, 6.07) is 0. The van der Waals surface area contributed by atoms with E-state index in [1.54, 1.807) is 4.90 Å². The van der Waals surface area contributed by atoms with Crippen LogP contribution >= 0.6 is 11.3 Å². The summed E-state index contributed by atoms with van der Waals surface area (Å²) in [6.07, 6.45) is 2.78. The largest absolute Gasteiger partial charge is 0.379 e. The van der Waals surface area contributed by atoms with Gasteiger partial charge in [0.25, 0.3) is 0 Å². The molecule has 1 N–H and O–H groups in total. The number of aromatic nitrogens is 1. The van der Waals surface area contributed by atoms with Gasteiger partial charge in [0, 0.05) is 37.0 Å². The summed E-state index contributed by atoms with van der Waals surface area (Å²) < 4.78 is 5.36. The van der Waals surface area contributed by atoms with Gasteiger partial charge in [-0.1, -0.05) is 0 Å². The predicted octanol–water partition coefficient (Wildman–Crippen LogP) is 1.66. The minimum atomic E-state index is -0.167. The van der Waals surface area contributed by atoms with Crippen LogP contribution in [0.25, 0.3) is 0 Å². The molecule has 0 unspecified atom stereocenters. The molecule has 0 atom stereocenters. The van der Waals surface area contributed by atoms with Crippen LogP contribution in [-0.4, -0.2) is 72.5 Å². The van der Waals surface area contributed by atoms with Crippen LogP contribution in [0.2, 0.25) is 0 Å². The van der Waals surface area contributed by atoms with Crippen molar-refractivity contribution in [3.8, 4) is 0 Å². The van der Waals surface area contributed by atoms with E-state index in [0.29, 0.717) is 11.7 Å². The van der Waals surface area contributed by atoms with Crippen molar-refractivity contribution in [2.75, 3.05) is 51.3 Å². The molecule has 144 valence electrons.